The fourth-order valence-electron chi connectivity index (χ4n) is 2.06. The van der Waals surface area contributed by atoms with Crippen LogP contribution in [0.25, 0.3) is 5.52 Å². The lowest BCUT2D eigenvalue weighted by molar-refractivity contribution is -0.110. The minimum absolute atomic E-state index is 0.112. The number of rotatable bonds is 4. The molecule has 1 aliphatic carbocycles. The lowest BCUT2D eigenvalue weighted by atomic mass is 10.1. The standard InChI is InChI=1S/C15H14N4O3/c16-11-9-10(21)4-5-12(11)17-14-13-3-1-2-6-19(13)18-15(14)22-8-7-20/h1-6,9,20H,7-8,16H2. The van der Waals surface area contributed by atoms with Gasteiger partial charge in [0.1, 0.15) is 6.61 Å². The average Bonchev–Trinajstić information content (AvgIpc) is 2.86. The summed E-state index contributed by atoms with van der Waals surface area (Å²) in [7, 11) is 0. The third-order valence-electron chi connectivity index (χ3n) is 3.04. The first-order chi connectivity index (χ1) is 10.7. The van der Waals surface area contributed by atoms with Crippen molar-refractivity contribution in [3.05, 3.63) is 48.3 Å². The fourth-order valence-corrected chi connectivity index (χ4v) is 2.06. The lowest BCUT2D eigenvalue weighted by Crippen LogP contribution is -2.14. The van der Waals surface area contributed by atoms with Crippen molar-refractivity contribution >= 4 is 22.7 Å². The molecular formula is C15H14N4O3. The monoisotopic (exact) mass is 298 g/mol. The van der Waals surface area contributed by atoms with Crippen LogP contribution in [0.3, 0.4) is 0 Å². The van der Waals surface area contributed by atoms with Crippen molar-refractivity contribution in [1.29, 1.82) is 0 Å². The van der Waals surface area contributed by atoms with Crippen LogP contribution in [-0.2, 0) is 4.79 Å². The van der Waals surface area contributed by atoms with Gasteiger partial charge in [-0.2, -0.15) is 0 Å². The summed E-state index contributed by atoms with van der Waals surface area (Å²) in [4.78, 5) is 15.7. The molecule has 1 aliphatic rings. The molecule has 0 fully saturated rings. The number of aliphatic imine (C=N–C) groups is 1. The molecular weight excluding hydrogens is 284 g/mol. The molecule has 3 rings (SSSR count). The summed E-state index contributed by atoms with van der Waals surface area (Å²) >= 11 is 0. The second-order valence-electron chi connectivity index (χ2n) is 4.59. The second kappa shape index (κ2) is 5.82. The van der Waals surface area contributed by atoms with Crippen molar-refractivity contribution in [2.24, 2.45) is 10.7 Å². The highest BCUT2D eigenvalue weighted by Gasteiger charge is 2.16. The van der Waals surface area contributed by atoms with Crippen molar-refractivity contribution in [1.82, 2.24) is 9.61 Å². The van der Waals surface area contributed by atoms with Crippen molar-refractivity contribution in [2.75, 3.05) is 13.2 Å². The Morgan fingerprint density at radius 3 is 3.00 bits per heavy atom. The number of allylic oxidation sites excluding steroid dienone is 3. The number of nitrogens with two attached hydrogens (primary N) is 1. The predicted octanol–water partition coefficient (Wildman–Crippen LogP) is 0.759. The molecule has 2 aromatic heterocycles. The van der Waals surface area contributed by atoms with Gasteiger partial charge in [-0.05, 0) is 24.3 Å². The van der Waals surface area contributed by atoms with Gasteiger partial charge >= 0.3 is 0 Å². The van der Waals surface area contributed by atoms with E-state index in [1.54, 1.807) is 16.8 Å². The topological polar surface area (TPSA) is 102 Å². The molecule has 0 aromatic carbocycles. The molecule has 2 heterocycles. The van der Waals surface area contributed by atoms with Gasteiger partial charge in [0, 0.05) is 12.3 Å². The molecule has 0 amide bonds. The molecule has 0 radical (unpaired) electrons. The number of pyridine rings is 1. The van der Waals surface area contributed by atoms with E-state index in [0.717, 1.165) is 5.52 Å². The number of fused-ring (bicyclic) bond motifs is 1. The zero-order valence-corrected chi connectivity index (χ0v) is 11.6. The highest BCUT2D eigenvalue weighted by atomic mass is 16.5. The molecule has 7 heteroatoms. The maximum absolute atomic E-state index is 11.3. The van der Waals surface area contributed by atoms with Gasteiger partial charge in [0.2, 0.25) is 0 Å². The van der Waals surface area contributed by atoms with Crippen molar-refractivity contribution in [3.63, 3.8) is 0 Å². The van der Waals surface area contributed by atoms with Gasteiger partial charge in [-0.25, -0.2) is 9.51 Å². The van der Waals surface area contributed by atoms with Crippen LogP contribution in [0.1, 0.15) is 0 Å². The number of carbonyl (C=O) groups is 1. The van der Waals surface area contributed by atoms with Crippen molar-refractivity contribution in [2.45, 2.75) is 0 Å². The smallest absolute Gasteiger partial charge is 0.260 e. The third-order valence-corrected chi connectivity index (χ3v) is 3.04. The Kier molecular flexibility index (Phi) is 3.71. The normalized spacial score (nSPS) is 16.3. The van der Waals surface area contributed by atoms with Crippen LogP contribution < -0.4 is 10.5 Å². The van der Waals surface area contributed by atoms with Gasteiger partial charge < -0.3 is 15.6 Å². The minimum atomic E-state index is -0.173. The quantitative estimate of drug-likeness (QED) is 0.811. The fraction of sp³-hybridized carbons (Fsp3) is 0.133. The first-order valence-electron chi connectivity index (χ1n) is 6.68. The molecule has 112 valence electrons. The van der Waals surface area contributed by atoms with Crippen LogP contribution in [0.5, 0.6) is 5.88 Å². The Hall–Kier alpha value is -2.93. The maximum atomic E-state index is 11.3. The van der Waals surface area contributed by atoms with Gasteiger partial charge in [-0.1, -0.05) is 6.07 Å². The second-order valence-corrected chi connectivity index (χ2v) is 4.59. The SMILES string of the molecule is NC1=CC(=O)C=CC1=Nc1c(OCCO)nn2ccccc12. The number of aliphatic hydroxyl groups is 1. The van der Waals surface area contributed by atoms with E-state index in [2.05, 4.69) is 10.1 Å². The zero-order chi connectivity index (χ0) is 15.5. The van der Waals surface area contributed by atoms with Crippen LogP contribution in [0.4, 0.5) is 5.69 Å². The van der Waals surface area contributed by atoms with Crippen LogP contribution >= 0.6 is 0 Å². The summed E-state index contributed by atoms with van der Waals surface area (Å²) in [5.74, 6) is 0.124. The first kappa shape index (κ1) is 14.0. The van der Waals surface area contributed by atoms with E-state index >= 15 is 0 Å². The average molecular weight is 298 g/mol. The van der Waals surface area contributed by atoms with E-state index in [1.165, 1.54) is 12.2 Å². The Labute approximate surface area is 126 Å². The number of hydrogen-bond donors (Lipinski definition) is 2. The number of ether oxygens (including phenoxy) is 1. The van der Waals surface area contributed by atoms with E-state index < -0.39 is 0 Å². The Bertz CT molecular complexity index is 817. The van der Waals surface area contributed by atoms with Gasteiger partial charge in [-0.15, -0.1) is 5.10 Å². The predicted molar refractivity (Wildman–Crippen MR) is 81.3 cm³/mol. The number of ketones is 1. The Balaban J connectivity index is 2.10. The maximum Gasteiger partial charge on any atom is 0.260 e. The van der Waals surface area contributed by atoms with Crippen LogP contribution in [0.15, 0.2) is 53.3 Å². The summed E-state index contributed by atoms with van der Waals surface area (Å²) < 4.78 is 7.06. The van der Waals surface area contributed by atoms with Crippen LogP contribution in [0, 0.1) is 0 Å². The summed E-state index contributed by atoms with van der Waals surface area (Å²) in [5.41, 5.74) is 7.82. The van der Waals surface area contributed by atoms with E-state index in [9.17, 15) is 4.79 Å². The van der Waals surface area contributed by atoms with Crippen LogP contribution in [-0.4, -0.2) is 39.4 Å². The molecule has 0 aliphatic heterocycles. The molecule has 0 saturated heterocycles. The van der Waals surface area contributed by atoms with Crippen molar-refractivity contribution < 1.29 is 14.6 Å². The molecule has 3 N–H and O–H groups in total. The highest BCUT2D eigenvalue weighted by Crippen LogP contribution is 2.32. The van der Waals surface area contributed by atoms with E-state index in [-0.39, 0.29) is 24.7 Å². The third kappa shape index (κ3) is 2.61. The van der Waals surface area contributed by atoms with E-state index in [1.807, 2.05) is 18.2 Å². The molecule has 0 unspecified atom stereocenters. The van der Waals surface area contributed by atoms with Gasteiger partial charge in [0.15, 0.2) is 11.5 Å². The number of hydrogen-bond acceptors (Lipinski definition) is 6. The van der Waals surface area contributed by atoms with Gasteiger partial charge in [-0.3, -0.25) is 4.79 Å². The van der Waals surface area contributed by atoms with Crippen LogP contribution in [0.2, 0.25) is 0 Å². The largest absolute Gasteiger partial charge is 0.473 e. The lowest BCUT2D eigenvalue weighted by Gasteiger charge is -2.06. The summed E-state index contributed by atoms with van der Waals surface area (Å²) in [6.45, 7) is -0.0122. The first-order valence-corrected chi connectivity index (χ1v) is 6.68. The molecule has 0 spiro atoms. The molecule has 22 heavy (non-hydrogen) atoms. The minimum Gasteiger partial charge on any atom is -0.473 e. The number of aliphatic hydroxyl groups excluding tert-OH is 1. The van der Waals surface area contributed by atoms with Crippen molar-refractivity contribution in [3.8, 4) is 5.88 Å². The molecule has 2 aromatic rings. The summed E-state index contributed by atoms with van der Waals surface area (Å²) in [5, 5.41) is 13.2. The van der Waals surface area contributed by atoms with Gasteiger partial charge in [0.25, 0.3) is 5.88 Å². The highest BCUT2D eigenvalue weighted by molar-refractivity contribution is 6.20. The molecule has 0 bridgehead atoms. The Morgan fingerprint density at radius 2 is 2.23 bits per heavy atom. The molecule has 7 nitrogen and oxygen atoms in total. The number of carbonyl (C=O) groups excluding carboxylic acids is 1. The van der Waals surface area contributed by atoms with E-state index in [0.29, 0.717) is 17.3 Å². The zero-order valence-electron chi connectivity index (χ0n) is 11.6. The van der Waals surface area contributed by atoms with Gasteiger partial charge in [0.05, 0.1) is 23.5 Å². The van der Waals surface area contributed by atoms with E-state index in [4.69, 9.17) is 15.6 Å². The summed E-state index contributed by atoms with van der Waals surface area (Å²) in [6.07, 6.45) is 6.04. The number of aromatic nitrogens is 2. The Morgan fingerprint density at radius 1 is 1.36 bits per heavy atom. The molecule has 0 saturated carbocycles. The number of nitrogens with zero attached hydrogens (tertiary/aromatic N) is 3. The summed E-state index contributed by atoms with van der Waals surface area (Å²) in [6, 6.07) is 5.53. The molecule has 0 atom stereocenters.